The molecule has 1 N–H and O–H groups in total. The van der Waals surface area contributed by atoms with Crippen molar-refractivity contribution in [3.63, 3.8) is 0 Å². The fourth-order valence-corrected chi connectivity index (χ4v) is 0.832. The van der Waals surface area contributed by atoms with Crippen molar-refractivity contribution >= 4 is 5.91 Å². The van der Waals surface area contributed by atoms with Crippen LogP contribution in [0.4, 0.5) is 0 Å². The summed E-state index contributed by atoms with van der Waals surface area (Å²) in [6.45, 7) is 1.27. The summed E-state index contributed by atoms with van der Waals surface area (Å²) in [5.74, 6) is 2.54. The molecule has 0 aromatic carbocycles. The topological polar surface area (TPSA) is 32.3 Å². The SMILES string of the molecule is C#CCN(C)C(=O)CCCNC. The lowest BCUT2D eigenvalue weighted by Crippen LogP contribution is -2.27. The van der Waals surface area contributed by atoms with Gasteiger partial charge in [0.05, 0.1) is 6.54 Å². The van der Waals surface area contributed by atoms with Crippen molar-refractivity contribution in [1.29, 1.82) is 0 Å². The summed E-state index contributed by atoms with van der Waals surface area (Å²) in [5.41, 5.74) is 0. The summed E-state index contributed by atoms with van der Waals surface area (Å²) in [7, 11) is 3.59. The molecule has 0 saturated carbocycles. The van der Waals surface area contributed by atoms with Crippen LogP contribution in [0.3, 0.4) is 0 Å². The number of hydrogen-bond acceptors (Lipinski definition) is 2. The first-order valence-electron chi connectivity index (χ1n) is 4.04. The van der Waals surface area contributed by atoms with Gasteiger partial charge in [0.1, 0.15) is 0 Å². The highest BCUT2D eigenvalue weighted by Gasteiger charge is 2.05. The highest BCUT2D eigenvalue weighted by atomic mass is 16.2. The number of terminal acetylenes is 1. The lowest BCUT2D eigenvalue weighted by molar-refractivity contribution is -0.129. The highest BCUT2D eigenvalue weighted by molar-refractivity contribution is 5.76. The minimum atomic E-state index is 0.114. The normalized spacial score (nSPS) is 9.08. The third-order valence-corrected chi connectivity index (χ3v) is 1.57. The van der Waals surface area contributed by atoms with Crippen molar-refractivity contribution < 1.29 is 4.79 Å². The number of nitrogens with zero attached hydrogens (tertiary/aromatic N) is 1. The van der Waals surface area contributed by atoms with Gasteiger partial charge in [0.2, 0.25) is 5.91 Å². The number of amides is 1. The molecule has 0 unspecified atom stereocenters. The standard InChI is InChI=1S/C9H16N2O/c1-4-8-11(3)9(12)6-5-7-10-2/h1,10H,5-8H2,2-3H3. The van der Waals surface area contributed by atoms with Crippen molar-refractivity contribution in [3.05, 3.63) is 0 Å². The molecule has 12 heavy (non-hydrogen) atoms. The van der Waals surface area contributed by atoms with Crippen molar-refractivity contribution in [3.8, 4) is 12.3 Å². The van der Waals surface area contributed by atoms with E-state index in [-0.39, 0.29) is 5.91 Å². The molecule has 0 radical (unpaired) electrons. The monoisotopic (exact) mass is 168 g/mol. The zero-order valence-corrected chi connectivity index (χ0v) is 7.76. The third-order valence-electron chi connectivity index (χ3n) is 1.57. The molecule has 1 amide bonds. The van der Waals surface area contributed by atoms with Crippen LogP contribution >= 0.6 is 0 Å². The largest absolute Gasteiger partial charge is 0.335 e. The van der Waals surface area contributed by atoms with Gasteiger partial charge >= 0.3 is 0 Å². The lowest BCUT2D eigenvalue weighted by Gasteiger charge is -2.13. The Morgan fingerprint density at radius 2 is 2.33 bits per heavy atom. The summed E-state index contributed by atoms with van der Waals surface area (Å²) < 4.78 is 0. The Morgan fingerprint density at radius 1 is 1.67 bits per heavy atom. The molecule has 0 aliphatic carbocycles. The minimum Gasteiger partial charge on any atom is -0.335 e. The molecule has 0 fully saturated rings. The highest BCUT2D eigenvalue weighted by Crippen LogP contribution is 1.93. The van der Waals surface area contributed by atoms with Crippen molar-refractivity contribution in [2.24, 2.45) is 0 Å². The number of hydrogen-bond donors (Lipinski definition) is 1. The van der Waals surface area contributed by atoms with Crippen LogP contribution in [0, 0.1) is 12.3 Å². The first-order chi connectivity index (χ1) is 5.72. The van der Waals surface area contributed by atoms with E-state index < -0.39 is 0 Å². The van der Waals surface area contributed by atoms with Crippen LogP contribution in [0.2, 0.25) is 0 Å². The summed E-state index contributed by atoms with van der Waals surface area (Å²) in [4.78, 5) is 12.8. The van der Waals surface area contributed by atoms with E-state index in [1.165, 1.54) is 0 Å². The average molecular weight is 168 g/mol. The lowest BCUT2D eigenvalue weighted by atomic mass is 10.3. The van der Waals surface area contributed by atoms with Gasteiger partial charge in [-0.05, 0) is 20.0 Å². The molecule has 3 heteroatoms. The van der Waals surface area contributed by atoms with Crippen LogP contribution in [-0.4, -0.2) is 38.0 Å². The van der Waals surface area contributed by atoms with Crippen LogP contribution in [0.5, 0.6) is 0 Å². The van der Waals surface area contributed by atoms with Gasteiger partial charge in [-0.1, -0.05) is 5.92 Å². The van der Waals surface area contributed by atoms with Gasteiger partial charge in [-0.3, -0.25) is 4.79 Å². The van der Waals surface area contributed by atoms with Gasteiger partial charge in [0.15, 0.2) is 0 Å². The molecule has 0 aromatic rings. The fourth-order valence-electron chi connectivity index (χ4n) is 0.832. The smallest absolute Gasteiger partial charge is 0.223 e. The molecule has 3 nitrogen and oxygen atoms in total. The second-order valence-electron chi connectivity index (χ2n) is 2.66. The van der Waals surface area contributed by atoms with Gasteiger partial charge in [0, 0.05) is 13.5 Å². The van der Waals surface area contributed by atoms with Gasteiger partial charge < -0.3 is 10.2 Å². The van der Waals surface area contributed by atoms with E-state index in [1.807, 2.05) is 7.05 Å². The number of carbonyl (C=O) groups excluding carboxylic acids is 1. The molecule has 0 aliphatic heterocycles. The molecular formula is C9H16N2O. The van der Waals surface area contributed by atoms with E-state index in [4.69, 9.17) is 6.42 Å². The Balaban J connectivity index is 3.51. The zero-order chi connectivity index (χ0) is 9.40. The quantitative estimate of drug-likeness (QED) is 0.465. The molecule has 0 aromatic heterocycles. The summed E-state index contributed by atoms with van der Waals surface area (Å²) in [6.07, 6.45) is 6.50. The van der Waals surface area contributed by atoms with E-state index in [1.54, 1.807) is 11.9 Å². The second-order valence-corrected chi connectivity index (χ2v) is 2.66. The Labute approximate surface area is 74.1 Å². The third kappa shape index (κ3) is 4.75. The maximum absolute atomic E-state index is 11.2. The summed E-state index contributed by atoms with van der Waals surface area (Å²) in [6, 6.07) is 0. The molecule has 0 atom stereocenters. The first kappa shape index (κ1) is 11.0. The maximum atomic E-state index is 11.2. The number of nitrogens with one attached hydrogen (secondary N) is 1. The second kappa shape index (κ2) is 6.68. The Morgan fingerprint density at radius 3 is 2.83 bits per heavy atom. The van der Waals surface area contributed by atoms with Crippen LogP contribution in [0.1, 0.15) is 12.8 Å². The van der Waals surface area contributed by atoms with Crippen molar-refractivity contribution in [2.45, 2.75) is 12.8 Å². The van der Waals surface area contributed by atoms with E-state index in [2.05, 4.69) is 11.2 Å². The molecule has 0 saturated heterocycles. The zero-order valence-electron chi connectivity index (χ0n) is 7.76. The van der Waals surface area contributed by atoms with Gasteiger partial charge in [-0.2, -0.15) is 0 Å². The predicted molar refractivity (Wildman–Crippen MR) is 49.6 cm³/mol. The molecule has 0 heterocycles. The van der Waals surface area contributed by atoms with Crippen LogP contribution in [0.25, 0.3) is 0 Å². The van der Waals surface area contributed by atoms with Crippen molar-refractivity contribution in [2.75, 3.05) is 27.2 Å². The molecule has 0 aliphatic rings. The van der Waals surface area contributed by atoms with E-state index in [0.29, 0.717) is 13.0 Å². The average Bonchev–Trinajstić information content (AvgIpc) is 2.05. The Hall–Kier alpha value is -1.01. The predicted octanol–water partition coefficient (Wildman–Crippen LogP) is 0.0776. The van der Waals surface area contributed by atoms with Crippen LogP contribution < -0.4 is 5.32 Å². The molecular weight excluding hydrogens is 152 g/mol. The van der Waals surface area contributed by atoms with Gasteiger partial charge in [-0.15, -0.1) is 6.42 Å². The molecule has 0 rings (SSSR count). The Bertz CT molecular complexity index is 172. The van der Waals surface area contributed by atoms with E-state index in [9.17, 15) is 4.79 Å². The maximum Gasteiger partial charge on any atom is 0.223 e. The first-order valence-corrected chi connectivity index (χ1v) is 4.04. The fraction of sp³-hybridized carbons (Fsp3) is 0.667. The van der Waals surface area contributed by atoms with E-state index >= 15 is 0 Å². The van der Waals surface area contributed by atoms with Crippen molar-refractivity contribution in [1.82, 2.24) is 10.2 Å². The minimum absolute atomic E-state index is 0.114. The number of rotatable bonds is 5. The van der Waals surface area contributed by atoms with E-state index in [0.717, 1.165) is 13.0 Å². The number of carbonyl (C=O) groups is 1. The molecule has 0 spiro atoms. The Kier molecular flexibility index (Phi) is 6.12. The van der Waals surface area contributed by atoms with Crippen LogP contribution in [-0.2, 0) is 4.79 Å². The van der Waals surface area contributed by atoms with Crippen LogP contribution in [0.15, 0.2) is 0 Å². The van der Waals surface area contributed by atoms with Gasteiger partial charge in [0.25, 0.3) is 0 Å². The summed E-state index contributed by atoms with van der Waals surface area (Å²) >= 11 is 0. The van der Waals surface area contributed by atoms with Gasteiger partial charge in [-0.25, -0.2) is 0 Å². The molecule has 0 bridgehead atoms. The summed E-state index contributed by atoms with van der Waals surface area (Å²) in [5, 5.41) is 2.98. The molecule has 68 valence electrons.